The van der Waals surface area contributed by atoms with E-state index < -0.39 is 5.60 Å². The third-order valence-electron chi connectivity index (χ3n) is 3.98. The van der Waals surface area contributed by atoms with Gasteiger partial charge in [-0.3, -0.25) is 0 Å². The Bertz CT molecular complexity index is 533. The monoisotopic (exact) mass is 286 g/mol. The van der Waals surface area contributed by atoms with E-state index in [0.717, 1.165) is 18.4 Å². The molecule has 3 nitrogen and oxygen atoms in total. The Balaban J connectivity index is 2.29. The van der Waals surface area contributed by atoms with Gasteiger partial charge in [0.1, 0.15) is 11.4 Å². The van der Waals surface area contributed by atoms with Gasteiger partial charge in [-0.25, -0.2) is 4.79 Å². The summed E-state index contributed by atoms with van der Waals surface area (Å²) in [5.74, 6) is -0.143. The van der Waals surface area contributed by atoms with Gasteiger partial charge in [-0.2, -0.15) is 0 Å². The molecule has 0 amide bonds. The minimum atomic E-state index is -0.680. The van der Waals surface area contributed by atoms with Gasteiger partial charge in [0, 0.05) is 24.8 Å². The van der Waals surface area contributed by atoms with E-state index >= 15 is 0 Å². The zero-order chi connectivity index (χ0) is 15.3. The van der Waals surface area contributed by atoms with E-state index in [2.05, 4.69) is 6.92 Å². The Morgan fingerprint density at radius 2 is 2.00 bits per heavy atom. The van der Waals surface area contributed by atoms with Crippen molar-refractivity contribution in [3.05, 3.63) is 48.0 Å². The molecule has 1 aliphatic rings. The Morgan fingerprint density at radius 3 is 2.52 bits per heavy atom. The quantitative estimate of drug-likeness (QED) is 0.721. The lowest BCUT2D eigenvalue weighted by atomic mass is 9.77. The van der Waals surface area contributed by atoms with Crippen LogP contribution in [0.25, 0.3) is 0 Å². The van der Waals surface area contributed by atoms with Crippen LogP contribution in [0.2, 0.25) is 0 Å². The molecule has 2 rings (SSSR count). The molecular weight excluding hydrogens is 264 g/mol. The Kier molecular flexibility index (Phi) is 4.94. The fraction of sp³-hybridized carbons (Fsp3) is 0.444. The molecule has 1 aromatic carbocycles. The third-order valence-corrected chi connectivity index (χ3v) is 3.98. The number of ketones is 1. The van der Waals surface area contributed by atoms with E-state index in [-0.39, 0.29) is 17.7 Å². The van der Waals surface area contributed by atoms with Gasteiger partial charge in [-0.1, -0.05) is 43.7 Å². The van der Waals surface area contributed by atoms with Gasteiger partial charge in [-0.05, 0) is 25.0 Å². The molecule has 1 aromatic rings. The zero-order valence-electron chi connectivity index (χ0n) is 12.7. The highest BCUT2D eigenvalue weighted by atomic mass is 16.6. The second-order valence-corrected chi connectivity index (χ2v) is 5.76. The molecule has 0 unspecified atom stereocenters. The highest BCUT2D eigenvalue weighted by Crippen LogP contribution is 2.37. The second-order valence-electron chi connectivity index (χ2n) is 5.76. The minimum Gasteiger partial charge on any atom is -0.451 e. The van der Waals surface area contributed by atoms with Gasteiger partial charge in [0.15, 0.2) is 0 Å². The lowest BCUT2D eigenvalue weighted by molar-refractivity contribution is -0.151. The van der Waals surface area contributed by atoms with E-state index in [1.165, 1.54) is 6.08 Å². The molecule has 0 bridgehead atoms. The van der Waals surface area contributed by atoms with Crippen LogP contribution >= 0.6 is 0 Å². The molecule has 0 N–H and O–H groups in total. The summed E-state index contributed by atoms with van der Waals surface area (Å²) in [5, 5.41) is 0. The summed E-state index contributed by atoms with van der Waals surface area (Å²) in [7, 11) is 0. The van der Waals surface area contributed by atoms with E-state index in [0.29, 0.717) is 12.8 Å². The molecule has 0 fully saturated rings. The van der Waals surface area contributed by atoms with Gasteiger partial charge in [0.2, 0.25) is 0 Å². The second kappa shape index (κ2) is 6.70. The molecule has 0 aromatic heterocycles. The van der Waals surface area contributed by atoms with Crippen LogP contribution in [0.4, 0.5) is 0 Å². The number of cyclic esters (lactones) is 1. The van der Waals surface area contributed by atoms with Crippen molar-refractivity contribution in [2.24, 2.45) is 5.92 Å². The number of ether oxygens (including phenoxy) is 1. The molecule has 0 saturated heterocycles. The fourth-order valence-electron chi connectivity index (χ4n) is 3.05. The largest absolute Gasteiger partial charge is 0.451 e. The Labute approximate surface area is 126 Å². The van der Waals surface area contributed by atoms with Gasteiger partial charge in [0.25, 0.3) is 0 Å². The molecule has 2 atom stereocenters. The zero-order valence-corrected chi connectivity index (χ0v) is 12.7. The topological polar surface area (TPSA) is 43.4 Å². The van der Waals surface area contributed by atoms with E-state index in [1.807, 2.05) is 36.4 Å². The maximum absolute atomic E-state index is 11.6. The standard InChI is InChI=1S/C18H22O3/c1-3-7-16(12-14(2)19)18(11-10-17(20)21-18)13-15-8-5-4-6-9-15/h4-6,8-11,16H,3,7,12-13H2,1-2H3/t16-,18-/m1/s1. The van der Waals surface area contributed by atoms with Crippen molar-refractivity contribution in [2.75, 3.05) is 0 Å². The molecule has 0 aliphatic carbocycles. The molecule has 112 valence electrons. The molecule has 0 spiro atoms. The highest BCUT2D eigenvalue weighted by molar-refractivity contribution is 5.85. The van der Waals surface area contributed by atoms with Crippen molar-refractivity contribution in [3.63, 3.8) is 0 Å². The van der Waals surface area contributed by atoms with Crippen molar-refractivity contribution >= 4 is 11.8 Å². The van der Waals surface area contributed by atoms with Crippen molar-refractivity contribution in [2.45, 2.75) is 45.1 Å². The predicted octanol–water partition coefficient (Wildman–Crippen LogP) is 3.48. The van der Waals surface area contributed by atoms with Crippen LogP contribution in [-0.2, 0) is 20.7 Å². The third kappa shape index (κ3) is 3.81. The summed E-state index contributed by atoms with van der Waals surface area (Å²) in [6, 6.07) is 9.97. The normalized spacial score (nSPS) is 22.1. The summed E-state index contributed by atoms with van der Waals surface area (Å²) in [6.45, 7) is 3.68. The molecule has 1 aliphatic heterocycles. The van der Waals surface area contributed by atoms with Crippen LogP contribution in [0.3, 0.4) is 0 Å². The van der Waals surface area contributed by atoms with Crippen molar-refractivity contribution < 1.29 is 14.3 Å². The van der Waals surface area contributed by atoms with Crippen molar-refractivity contribution in [1.82, 2.24) is 0 Å². The molecule has 1 heterocycles. The molecule has 0 radical (unpaired) electrons. The van der Waals surface area contributed by atoms with Crippen LogP contribution < -0.4 is 0 Å². The smallest absolute Gasteiger partial charge is 0.331 e. The Hall–Kier alpha value is -1.90. The first-order valence-corrected chi connectivity index (χ1v) is 7.51. The molecule has 21 heavy (non-hydrogen) atoms. The predicted molar refractivity (Wildman–Crippen MR) is 81.8 cm³/mol. The summed E-state index contributed by atoms with van der Waals surface area (Å²) >= 11 is 0. The summed E-state index contributed by atoms with van der Waals surface area (Å²) < 4.78 is 5.67. The summed E-state index contributed by atoms with van der Waals surface area (Å²) in [4.78, 5) is 23.2. The first-order chi connectivity index (χ1) is 10.1. The number of hydrogen-bond donors (Lipinski definition) is 0. The Morgan fingerprint density at radius 1 is 1.29 bits per heavy atom. The maximum Gasteiger partial charge on any atom is 0.331 e. The van der Waals surface area contributed by atoms with Crippen LogP contribution in [0.1, 0.15) is 38.7 Å². The molecule has 0 saturated carbocycles. The average Bonchev–Trinajstić information content (AvgIpc) is 2.81. The highest BCUT2D eigenvalue weighted by Gasteiger charge is 2.43. The first kappa shape index (κ1) is 15.5. The van der Waals surface area contributed by atoms with Gasteiger partial charge in [-0.15, -0.1) is 0 Å². The fourth-order valence-corrected chi connectivity index (χ4v) is 3.05. The summed E-state index contributed by atoms with van der Waals surface area (Å²) in [5.41, 5.74) is 0.432. The van der Waals surface area contributed by atoms with Gasteiger partial charge in [0.05, 0.1) is 0 Å². The number of esters is 1. The minimum absolute atomic E-state index is 0.0305. The number of carbonyl (C=O) groups is 2. The average molecular weight is 286 g/mol. The van der Waals surface area contributed by atoms with Crippen molar-refractivity contribution in [1.29, 1.82) is 0 Å². The maximum atomic E-state index is 11.6. The van der Waals surface area contributed by atoms with E-state index in [4.69, 9.17) is 4.74 Å². The molecular formula is C18H22O3. The summed E-state index contributed by atoms with van der Waals surface area (Å²) in [6.07, 6.45) is 6.23. The van der Waals surface area contributed by atoms with Crippen LogP contribution in [0, 0.1) is 5.92 Å². The van der Waals surface area contributed by atoms with E-state index in [9.17, 15) is 9.59 Å². The first-order valence-electron chi connectivity index (χ1n) is 7.51. The van der Waals surface area contributed by atoms with Crippen LogP contribution in [0.15, 0.2) is 42.5 Å². The number of hydrogen-bond acceptors (Lipinski definition) is 3. The number of Topliss-reactive ketones (excluding diaryl/α,β-unsaturated/α-hetero) is 1. The van der Waals surface area contributed by atoms with Gasteiger partial charge < -0.3 is 9.53 Å². The lowest BCUT2D eigenvalue weighted by Crippen LogP contribution is -2.40. The lowest BCUT2D eigenvalue weighted by Gasteiger charge is -2.35. The van der Waals surface area contributed by atoms with Crippen LogP contribution in [-0.4, -0.2) is 17.4 Å². The number of rotatable bonds is 7. The van der Waals surface area contributed by atoms with Crippen LogP contribution in [0.5, 0.6) is 0 Å². The SMILES string of the molecule is CCC[C@H](CC(C)=O)[C@]1(Cc2ccccc2)C=CC(=O)O1. The van der Waals surface area contributed by atoms with Crippen molar-refractivity contribution in [3.8, 4) is 0 Å². The van der Waals surface area contributed by atoms with Gasteiger partial charge >= 0.3 is 5.97 Å². The van der Waals surface area contributed by atoms with E-state index in [1.54, 1.807) is 6.92 Å². The number of benzene rings is 1. The number of carbonyl (C=O) groups excluding carboxylic acids is 2. The molecule has 3 heteroatoms.